The van der Waals surface area contributed by atoms with Crippen LogP contribution in [-0.4, -0.2) is 26.2 Å². The molecule has 0 saturated heterocycles. The topological polar surface area (TPSA) is 53.6 Å². The highest BCUT2D eigenvalue weighted by molar-refractivity contribution is 5.91. The molecule has 0 bridgehead atoms. The highest BCUT2D eigenvalue weighted by atomic mass is 16.5. The van der Waals surface area contributed by atoms with Crippen molar-refractivity contribution in [3.63, 3.8) is 0 Å². The number of carbonyl (C=O) groups is 1. The van der Waals surface area contributed by atoms with Crippen molar-refractivity contribution in [1.82, 2.24) is 5.32 Å². The Hall–Kier alpha value is -2.69. The number of aryl methyl sites for hydroxylation is 1. The van der Waals surface area contributed by atoms with E-state index in [0.29, 0.717) is 0 Å². The number of benzene rings is 2. The largest absolute Gasteiger partial charge is 0.497 e. The summed E-state index contributed by atoms with van der Waals surface area (Å²) in [5.74, 6) is 0.794. The molecule has 2 N–H and O–H groups in total. The monoisotopic (exact) mass is 369 g/mol. The third-order valence-corrected chi connectivity index (χ3v) is 4.82. The number of nitrogens with zero attached hydrogens (tertiary/aromatic N) is 1. The molecule has 2 rings (SSSR count). The first-order valence-corrected chi connectivity index (χ1v) is 9.40. The van der Waals surface area contributed by atoms with E-state index in [1.165, 1.54) is 5.69 Å². The van der Waals surface area contributed by atoms with Crippen LogP contribution in [0, 0.1) is 6.92 Å². The number of hydrogen-bond acceptors (Lipinski definition) is 3. The molecule has 0 spiro atoms. The fourth-order valence-electron chi connectivity index (χ4n) is 3.09. The van der Waals surface area contributed by atoms with Crippen LogP contribution < -0.4 is 20.3 Å². The predicted octanol–water partition coefficient (Wildman–Crippen LogP) is 4.91. The van der Waals surface area contributed by atoms with E-state index in [1.807, 2.05) is 57.2 Å². The molecule has 5 nitrogen and oxygen atoms in total. The summed E-state index contributed by atoms with van der Waals surface area (Å²) >= 11 is 0. The minimum absolute atomic E-state index is 0.227. The first kappa shape index (κ1) is 20.6. The Labute approximate surface area is 162 Å². The van der Waals surface area contributed by atoms with Crippen LogP contribution in [0.1, 0.15) is 38.8 Å². The van der Waals surface area contributed by atoms with Crippen LogP contribution in [0.3, 0.4) is 0 Å². The van der Waals surface area contributed by atoms with E-state index in [4.69, 9.17) is 4.74 Å². The maximum atomic E-state index is 12.6. The van der Waals surface area contributed by atoms with Gasteiger partial charge in [-0.2, -0.15) is 0 Å². The summed E-state index contributed by atoms with van der Waals surface area (Å²) in [4.78, 5) is 14.8. The Bertz CT molecular complexity index is 766. The van der Waals surface area contributed by atoms with Crippen LogP contribution in [0.15, 0.2) is 42.5 Å². The van der Waals surface area contributed by atoms with Gasteiger partial charge in [0.05, 0.1) is 12.6 Å². The first-order chi connectivity index (χ1) is 12.8. The van der Waals surface area contributed by atoms with Gasteiger partial charge in [0.2, 0.25) is 0 Å². The Balaban J connectivity index is 2.07. The molecule has 27 heavy (non-hydrogen) atoms. The lowest BCUT2D eigenvalue weighted by atomic mass is 9.94. The molecule has 0 aromatic heterocycles. The van der Waals surface area contributed by atoms with Crippen molar-refractivity contribution in [2.24, 2.45) is 0 Å². The van der Waals surface area contributed by atoms with Gasteiger partial charge in [-0.05, 0) is 76.1 Å². The van der Waals surface area contributed by atoms with E-state index in [-0.39, 0.29) is 6.03 Å². The van der Waals surface area contributed by atoms with Crippen molar-refractivity contribution in [2.75, 3.05) is 30.4 Å². The van der Waals surface area contributed by atoms with Gasteiger partial charge in [0.25, 0.3) is 0 Å². The lowest BCUT2D eigenvalue weighted by Crippen LogP contribution is -2.43. The fourth-order valence-corrected chi connectivity index (χ4v) is 3.09. The van der Waals surface area contributed by atoms with Crippen LogP contribution in [0.25, 0.3) is 0 Å². The lowest BCUT2D eigenvalue weighted by molar-refractivity contribution is 0.242. The van der Waals surface area contributed by atoms with Crippen LogP contribution in [0.4, 0.5) is 16.2 Å². The number of nitrogens with one attached hydrogen (secondary N) is 2. The Morgan fingerprint density at radius 2 is 1.70 bits per heavy atom. The number of methoxy groups -OCH3 is 1. The SMILES string of the molecule is CCN(CC)c1ccc(NC(=O)NC(C)(C)c2ccc(OC)cc2)c(C)c1. The zero-order chi connectivity index (χ0) is 20.0. The molecule has 0 aliphatic heterocycles. The van der Waals surface area contributed by atoms with E-state index >= 15 is 0 Å². The van der Waals surface area contributed by atoms with Crippen LogP contribution in [-0.2, 0) is 5.54 Å². The van der Waals surface area contributed by atoms with Gasteiger partial charge < -0.3 is 20.3 Å². The maximum Gasteiger partial charge on any atom is 0.319 e. The summed E-state index contributed by atoms with van der Waals surface area (Å²) in [7, 11) is 1.64. The molecule has 0 atom stereocenters. The average molecular weight is 370 g/mol. The van der Waals surface area contributed by atoms with Gasteiger partial charge >= 0.3 is 6.03 Å². The summed E-state index contributed by atoms with van der Waals surface area (Å²) in [6.45, 7) is 12.2. The van der Waals surface area contributed by atoms with Gasteiger partial charge in [-0.15, -0.1) is 0 Å². The molecule has 2 aromatic rings. The summed E-state index contributed by atoms with van der Waals surface area (Å²) in [5, 5.41) is 6.01. The molecule has 0 unspecified atom stereocenters. The zero-order valence-corrected chi connectivity index (χ0v) is 17.2. The third kappa shape index (κ3) is 5.16. The molecule has 0 heterocycles. The highest BCUT2D eigenvalue weighted by Gasteiger charge is 2.23. The Morgan fingerprint density at radius 3 is 2.22 bits per heavy atom. The second kappa shape index (κ2) is 8.80. The normalized spacial score (nSPS) is 11.0. The number of urea groups is 1. The molecule has 5 heteroatoms. The van der Waals surface area contributed by atoms with Crippen LogP contribution in [0.5, 0.6) is 5.75 Å². The van der Waals surface area contributed by atoms with Crippen molar-refractivity contribution < 1.29 is 9.53 Å². The molecule has 2 amide bonds. The van der Waals surface area contributed by atoms with Gasteiger partial charge in [0, 0.05) is 24.5 Å². The smallest absolute Gasteiger partial charge is 0.319 e. The van der Waals surface area contributed by atoms with Gasteiger partial charge in [0.15, 0.2) is 0 Å². The molecule has 146 valence electrons. The zero-order valence-electron chi connectivity index (χ0n) is 17.2. The molecule has 2 aromatic carbocycles. The minimum Gasteiger partial charge on any atom is -0.497 e. The van der Waals surface area contributed by atoms with Crippen molar-refractivity contribution >= 4 is 17.4 Å². The van der Waals surface area contributed by atoms with Crippen molar-refractivity contribution in [3.05, 3.63) is 53.6 Å². The number of anilines is 2. The van der Waals surface area contributed by atoms with Crippen molar-refractivity contribution in [2.45, 2.75) is 40.2 Å². The van der Waals surface area contributed by atoms with Gasteiger partial charge in [-0.1, -0.05) is 12.1 Å². The van der Waals surface area contributed by atoms with Gasteiger partial charge in [0.1, 0.15) is 5.75 Å². The van der Waals surface area contributed by atoms with E-state index in [9.17, 15) is 4.79 Å². The molecule has 0 aliphatic rings. The minimum atomic E-state index is -0.509. The second-order valence-electron chi connectivity index (χ2n) is 7.10. The van der Waals surface area contributed by atoms with E-state index in [2.05, 4.69) is 35.4 Å². The summed E-state index contributed by atoms with van der Waals surface area (Å²) in [5.41, 5.74) is 3.52. The van der Waals surface area contributed by atoms with Crippen LogP contribution >= 0.6 is 0 Å². The average Bonchev–Trinajstić information content (AvgIpc) is 2.64. The molecule has 0 aliphatic carbocycles. The Morgan fingerprint density at radius 1 is 1.07 bits per heavy atom. The van der Waals surface area contributed by atoms with Crippen LogP contribution in [0.2, 0.25) is 0 Å². The number of carbonyl (C=O) groups excluding carboxylic acids is 1. The van der Waals surface area contributed by atoms with Gasteiger partial charge in [-0.25, -0.2) is 4.79 Å². The number of hydrogen-bond donors (Lipinski definition) is 2. The first-order valence-electron chi connectivity index (χ1n) is 9.40. The van der Waals surface area contributed by atoms with E-state index in [1.54, 1.807) is 7.11 Å². The predicted molar refractivity (Wildman–Crippen MR) is 113 cm³/mol. The summed E-state index contributed by atoms with van der Waals surface area (Å²) in [6.07, 6.45) is 0. The van der Waals surface area contributed by atoms with E-state index in [0.717, 1.165) is 35.7 Å². The number of rotatable bonds is 7. The highest BCUT2D eigenvalue weighted by Crippen LogP contribution is 2.25. The van der Waals surface area contributed by atoms with Crippen molar-refractivity contribution in [3.8, 4) is 5.75 Å². The van der Waals surface area contributed by atoms with E-state index < -0.39 is 5.54 Å². The fraction of sp³-hybridized carbons (Fsp3) is 0.409. The second-order valence-corrected chi connectivity index (χ2v) is 7.10. The molecule has 0 fully saturated rings. The molecule has 0 radical (unpaired) electrons. The Kier molecular flexibility index (Phi) is 6.72. The standard InChI is InChI=1S/C22H31N3O2/c1-7-25(8-2)18-11-14-20(16(3)15-18)23-21(26)24-22(4,5)17-9-12-19(27-6)13-10-17/h9-15H,7-8H2,1-6H3,(H2,23,24,26). The van der Waals surface area contributed by atoms with Gasteiger partial charge in [-0.3, -0.25) is 0 Å². The molecule has 0 saturated carbocycles. The summed E-state index contributed by atoms with van der Waals surface area (Å²) in [6, 6.07) is 13.6. The summed E-state index contributed by atoms with van der Waals surface area (Å²) < 4.78 is 5.19. The lowest BCUT2D eigenvalue weighted by Gasteiger charge is -2.27. The quantitative estimate of drug-likeness (QED) is 0.729. The third-order valence-electron chi connectivity index (χ3n) is 4.82. The maximum absolute atomic E-state index is 12.6. The number of amides is 2. The van der Waals surface area contributed by atoms with Crippen molar-refractivity contribution in [1.29, 1.82) is 0 Å². The number of ether oxygens (including phenoxy) is 1. The molecular weight excluding hydrogens is 338 g/mol. The molecular formula is C22H31N3O2.